The van der Waals surface area contributed by atoms with E-state index in [9.17, 15) is 18.4 Å². The minimum atomic E-state index is -4.47. The second-order valence-corrected chi connectivity index (χ2v) is 10.2. The molecule has 0 saturated carbocycles. The summed E-state index contributed by atoms with van der Waals surface area (Å²) in [6, 6.07) is 10.7. The van der Waals surface area contributed by atoms with Gasteiger partial charge in [-0.25, -0.2) is 4.99 Å². The number of halogens is 3. The van der Waals surface area contributed by atoms with E-state index in [0.29, 0.717) is 22.2 Å². The van der Waals surface area contributed by atoms with E-state index < -0.39 is 11.7 Å². The van der Waals surface area contributed by atoms with Gasteiger partial charge in [-0.15, -0.1) is 11.3 Å². The van der Waals surface area contributed by atoms with Crippen molar-refractivity contribution in [3.05, 3.63) is 63.7 Å². The van der Waals surface area contributed by atoms with Crippen molar-refractivity contribution in [1.29, 1.82) is 5.26 Å². The molecule has 1 aliphatic carbocycles. The van der Waals surface area contributed by atoms with E-state index in [4.69, 9.17) is 4.42 Å². The van der Waals surface area contributed by atoms with Crippen molar-refractivity contribution in [1.82, 2.24) is 0 Å². The first-order chi connectivity index (χ1) is 15.1. The highest BCUT2D eigenvalue weighted by atomic mass is 32.1. The van der Waals surface area contributed by atoms with Gasteiger partial charge in [0.15, 0.2) is 0 Å². The first-order valence-electron chi connectivity index (χ1n) is 10.4. The molecule has 166 valence electrons. The zero-order chi connectivity index (χ0) is 23.1. The maximum Gasteiger partial charge on any atom is 0.417 e. The summed E-state index contributed by atoms with van der Waals surface area (Å²) in [7, 11) is 0. The van der Waals surface area contributed by atoms with Gasteiger partial charge in [0.2, 0.25) is 0 Å². The quantitative estimate of drug-likeness (QED) is 0.378. The number of nitrogens with zero attached hydrogens (tertiary/aromatic N) is 2. The third kappa shape index (κ3) is 4.37. The Morgan fingerprint density at radius 2 is 1.91 bits per heavy atom. The summed E-state index contributed by atoms with van der Waals surface area (Å²) < 4.78 is 45.6. The molecule has 0 radical (unpaired) electrons. The summed E-state index contributed by atoms with van der Waals surface area (Å²) in [5, 5.41) is 10.3. The summed E-state index contributed by atoms with van der Waals surface area (Å²) in [4.78, 5) is 5.68. The Kier molecular flexibility index (Phi) is 5.76. The summed E-state index contributed by atoms with van der Waals surface area (Å²) in [6.45, 7) is 6.73. The molecule has 0 aliphatic heterocycles. The first-order valence-corrected chi connectivity index (χ1v) is 11.2. The molecule has 0 spiro atoms. The van der Waals surface area contributed by atoms with E-state index in [1.807, 2.05) is 0 Å². The number of hydrogen-bond donors (Lipinski definition) is 0. The molecule has 2 heterocycles. The zero-order valence-electron chi connectivity index (χ0n) is 18.1. The van der Waals surface area contributed by atoms with Crippen molar-refractivity contribution in [3.63, 3.8) is 0 Å². The molecular formula is C25H23F3N2OS. The fourth-order valence-electron chi connectivity index (χ4n) is 4.15. The average molecular weight is 457 g/mol. The van der Waals surface area contributed by atoms with E-state index in [1.165, 1.54) is 40.6 Å². The zero-order valence-corrected chi connectivity index (χ0v) is 18.9. The molecule has 0 amide bonds. The number of hydrogen-bond acceptors (Lipinski definition) is 4. The summed E-state index contributed by atoms with van der Waals surface area (Å²) >= 11 is 1.52. The van der Waals surface area contributed by atoms with Crippen molar-refractivity contribution in [3.8, 4) is 17.4 Å². The minimum absolute atomic E-state index is 0.0165. The molecule has 0 bridgehead atoms. The molecule has 32 heavy (non-hydrogen) atoms. The topological polar surface area (TPSA) is 49.3 Å². The Morgan fingerprint density at radius 3 is 2.59 bits per heavy atom. The lowest BCUT2D eigenvalue weighted by atomic mass is 9.72. The van der Waals surface area contributed by atoms with Crippen LogP contribution in [0.4, 0.5) is 18.2 Å². The molecule has 3 aromatic rings. The van der Waals surface area contributed by atoms with E-state index in [0.717, 1.165) is 30.9 Å². The fraction of sp³-hybridized carbons (Fsp3) is 0.360. The van der Waals surface area contributed by atoms with E-state index >= 15 is 0 Å². The lowest BCUT2D eigenvalue weighted by molar-refractivity contribution is -0.137. The van der Waals surface area contributed by atoms with Gasteiger partial charge in [0.25, 0.3) is 0 Å². The highest BCUT2D eigenvalue weighted by molar-refractivity contribution is 7.16. The van der Waals surface area contributed by atoms with Crippen molar-refractivity contribution < 1.29 is 17.6 Å². The van der Waals surface area contributed by atoms with Gasteiger partial charge in [0.1, 0.15) is 22.6 Å². The van der Waals surface area contributed by atoms with Gasteiger partial charge in [-0.05, 0) is 54.4 Å². The lowest BCUT2D eigenvalue weighted by Crippen LogP contribution is -2.26. The van der Waals surface area contributed by atoms with E-state index in [2.05, 4.69) is 31.8 Å². The van der Waals surface area contributed by atoms with Crippen LogP contribution in [0.25, 0.3) is 11.3 Å². The SMILES string of the molecule is CC(C)(C)[C@@H]1CCc2c(sc(N=Cc3ccc(-c4ccccc4C(F)(F)F)o3)c2C#N)C1. The van der Waals surface area contributed by atoms with Crippen LogP contribution < -0.4 is 0 Å². The van der Waals surface area contributed by atoms with Crippen LogP contribution in [-0.4, -0.2) is 6.21 Å². The Morgan fingerprint density at radius 1 is 1.16 bits per heavy atom. The molecule has 7 heteroatoms. The number of benzene rings is 1. The summed E-state index contributed by atoms with van der Waals surface area (Å²) in [6.07, 6.45) is -0.150. The number of rotatable bonds is 3. The molecule has 1 aliphatic rings. The molecule has 4 rings (SSSR count). The number of aliphatic imine (C=N–C) groups is 1. The highest BCUT2D eigenvalue weighted by Crippen LogP contribution is 2.45. The van der Waals surface area contributed by atoms with Crippen LogP contribution in [-0.2, 0) is 19.0 Å². The van der Waals surface area contributed by atoms with Crippen molar-refractivity contribution in [2.75, 3.05) is 0 Å². The minimum Gasteiger partial charge on any atom is -0.455 e. The molecule has 0 fully saturated rings. The standard InChI is InChI=1S/C25H23F3N2OS/c1-24(2,3)15-8-10-17-19(13-29)23(32-22(17)12-15)30-14-16-9-11-21(31-16)18-6-4-5-7-20(18)25(26,27)28/h4-7,9,11,14-15H,8,10,12H2,1-3H3/t15-/m1/s1. The Balaban J connectivity index is 1.61. The summed E-state index contributed by atoms with van der Waals surface area (Å²) in [5.74, 6) is 1.01. The van der Waals surface area contributed by atoms with Crippen molar-refractivity contribution in [2.24, 2.45) is 16.3 Å². The van der Waals surface area contributed by atoms with E-state index in [1.54, 1.807) is 12.1 Å². The maximum atomic E-state index is 13.3. The van der Waals surface area contributed by atoms with Crippen LogP contribution in [0.1, 0.15) is 54.5 Å². The Labute approximate surface area is 189 Å². The highest BCUT2D eigenvalue weighted by Gasteiger charge is 2.34. The molecular weight excluding hydrogens is 433 g/mol. The van der Waals surface area contributed by atoms with Crippen LogP contribution in [0, 0.1) is 22.7 Å². The normalized spacial score (nSPS) is 16.8. The van der Waals surface area contributed by atoms with Gasteiger partial charge in [0.05, 0.1) is 17.3 Å². The van der Waals surface area contributed by atoms with Crippen LogP contribution in [0.5, 0.6) is 0 Å². The monoisotopic (exact) mass is 456 g/mol. The largest absolute Gasteiger partial charge is 0.455 e. The van der Waals surface area contributed by atoms with Crippen molar-refractivity contribution in [2.45, 2.75) is 46.2 Å². The average Bonchev–Trinajstić information content (AvgIpc) is 3.34. The van der Waals surface area contributed by atoms with Gasteiger partial charge in [-0.1, -0.05) is 39.0 Å². The Bertz CT molecular complexity index is 1210. The third-order valence-electron chi connectivity index (χ3n) is 6.02. The van der Waals surface area contributed by atoms with Crippen LogP contribution >= 0.6 is 11.3 Å². The number of nitriles is 1. The predicted octanol–water partition coefficient (Wildman–Crippen LogP) is 7.80. The van der Waals surface area contributed by atoms with E-state index in [-0.39, 0.29) is 16.7 Å². The van der Waals surface area contributed by atoms with Crippen LogP contribution in [0.2, 0.25) is 0 Å². The smallest absolute Gasteiger partial charge is 0.417 e. The molecule has 1 aromatic carbocycles. The van der Waals surface area contributed by atoms with Gasteiger partial charge in [-0.2, -0.15) is 18.4 Å². The fourth-order valence-corrected chi connectivity index (χ4v) is 5.37. The number of fused-ring (bicyclic) bond motifs is 1. The van der Waals surface area contributed by atoms with Gasteiger partial charge < -0.3 is 4.42 Å². The van der Waals surface area contributed by atoms with Gasteiger partial charge >= 0.3 is 6.18 Å². The number of thiophene rings is 1. The second-order valence-electron chi connectivity index (χ2n) is 9.11. The van der Waals surface area contributed by atoms with Crippen LogP contribution in [0.15, 0.2) is 45.8 Å². The van der Waals surface area contributed by atoms with Crippen LogP contribution in [0.3, 0.4) is 0 Å². The predicted molar refractivity (Wildman–Crippen MR) is 120 cm³/mol. The van der Waals surface area contributed by atoms with Gasteiger partial charge in [0, 0.05) is 10.4 Å². The third-order valence-corrected chi connectivity index (χ3v) is 7.18. The molecule has 3 nitrogen and oxygen atoms in total. The second kappa shape index (κ2) is 8.25. The molecule has 0 unspecified atom stereocenters. The number of furan rings is 1. The summed E-state index contributed by atoms with van der Waals surface area (Å²) in [5.41, 5.74) is 1.13. The first kappa shape index (κ1) is 22.3. The lowest BCUT2D eigenvalue weighted by Gasteiger charge is -2.33. The molecule has 0 saturated heterocycles. The molecule has 1 atom stereocenters. The van der Waals surface area contributed by atoms with Crippen molar-refractivity contribution >= 4 is 22.6 Å². The molecule has 0 N–H and O–H groups in total. The number of alkyl halides is 3. The molecule has 2 aromatic heterocycles. The maximum absolute atomic E-state index is 13.3. The van der Waals surface area contributed by atoms with Gasteiger partial charge in [-0.3, -0.25) is 0 Å². The Hall–Kier alpha value is -2.85.